The second kappa shape index (κ2) is 14.2. The molecule has 4 rings (SSSR count). The van der Waals surface area contributed by atoms with Crippen molar-refractivity contribution < 1.29 is 14.3 Å². The molecule has 6 nitrogen and oxygen atoms in total. The van der Waals surface area contributed by atoms with Crippen molar-refractivity contribution >= 4 is 5.91 Å². The molecule has 0 unspecified atom stereocenters. The van der Waals surface area contributed by atoms with Crippen molar-refractivity contribution in [3.63, 3.8) is 0 Å². The van der Waals surface area contributed by atoms with Gasteiger partial charge in [-0.25, -0.2) is 0 Å². The van der Waals surface area contributed by atoms with Gasteiger partial charge in [0.15, 0.2) is 11.5 Å². The van der Waals surface area contributed by atoms with Gasteiger partial charge in [-0.1, -0.05) is 42.5 Å². The lowest BCUT2D eigenvalue weighted by molar-refractivity contribution is -0.131. The van der Waals surface area contributed by atoms with Gasteiger partial charge in [0.1, 0.15) is 0 Å². The molecule has 0 saturated carbocycles. The van der Waals surface area contributed by atoms with Crippen molar-refractivity contribution in [1.82, 2.24) is 14.7 Å². The Morgan fingerprint density at radius 3 is 2.47 bits per heavy atom. The van der Waals surface area contributed by atoms with Gasteiger partial charge >= 0.3 is 0 Å². The van der Waals surface area contributed by atoms with Crippen LogP contribution in [0.5, 0.6) is 11.5 Å². The first-order valence-electron chi connectivity index (χ1n) is 13.9. The molecule has 1 saturated heterocycles. The van der Waals surface area contributed by atoms with Crippen LogP contribution < -0.4 is 9.47 Å². The Morgan fingerprint density at radius 1 is 0.861 bits per heavy atom. The molecular weight excluding hydrogens is 450 g/mol. The van der Waals surface area contributed by atoms with Crippen molar-refractivity contribution in [1.29, 1.82) is 0 Å². The fourth-order valence-electron chi connectivity index (χ4n) is 5.21. The van der Waals surface area contributed by atoms with Gasteiger partial charge < -0.3 is 19.3 Å². The fraction of sp³-hybridized carbons (Fsp3) is 0.567. The van der Waals surface area contributed by atoms with Crippen LogP contribution in [0.1, 0.15) is 56.6 Å². The molecule has 0 N–H and O–H groups in total. The summed E-state index contributed by atoms with van der Waals surface area (Å²) in [6.45, 7) is 10.4. The second-order valence-corrected chi connectivity index (χ2v) is 9.96. The summed E-state index contributed by atoms with van der Waals surface area (Å²) >= 11 is 0. The number of carbonyl (C=O) groups is 1. The maximum absolute atomic E-state index is 13.3. The van der Waals surface area contributed by atoms with Gasteiger partial charge in [-0.3, -0.25) is 9.69 Å². The maximum atomic E-state index is 13.3. The van der Waals surface area contributed by atoms with Crippen LogP contribution in [0.4, 0.5) is 0 Å². The molecule has 2 heterocycles. The Hall–Kier alpha value is -2.57. The van der Waals surface area contributed by atoms with Crippen LogP contribution in [0.15, 0.2) is 48.5 Å². The zero-order valence-corrected chi connectivity index (χ0v) is 22.0. The summed E-state index contributed by atoms with van der Waals surface area (Å²) in [5.41, 5.74) is 2.42. The summed E-state index contributed by atoms with van der Waals surface area (Å²) < 4.78 is 12.2. The van der Waals surface area contributed by atoms with Gasteiger partial charge in [0.25, 0.3) is 0 Å². The van der Waals surface area contributed by atoms with E-state index in [9.17, 15) is 4.79 Å². The van der Waals surface area contributed by atoms with E-state index >= 15 is 0 Å². The molecule has 2 aromatic rings. The van der Waals surface area contributed by atoms with E-state index in [0.29, 0.717) is 25.5 Å². The van der Waals surface area contributed by atoms with E-state index in [-0.39, 0.29) is 0 Å². The lowest BCUT2D eigenvalue weighted by Crippen LogP contribution is -2.40. The first kappa shape index (κ1) is 26.5. The van der Waals surface area contributed by atoms with E-state index < -0.39 is 0 Å². The lowest BCUT2D eigenvalue weighted by atomic mass is 10.1. The topological polar surface area (TPSA) is 45.3 Å². The minimum atomic E-state index is 0.298. The predicted molar refractivity (Wildman–Crippen MR) is 144 cm³/mol. The van der Waals surface area contributed by atoms with Crippen LogP contribution in [0, 0.1) is 0 Å². The fourth-order valence-corrected chi connectivity index (χ4v) is 5.21. The number of likely N-dealkylation sites (tertiary alicyclic amines) is 1. The third-order valence-corrected chi connectivity index (χ3v) is 7.20. The van der Waals surface area contributed by atoms with Crippen LogP contribution in [0.2, 0.25) is 0 Å². The molecule has 0 spiro atoms. The van der Waals surface area contributed by atoms with E-state index in [1.54, 1.807) is 0 Å². The zero-order valence-electron chi connectivity index (χ0n) is 22.0. The number of hydrogen-bond acceptors (Lipinski definition) is 5. The van der Waals surface area contributed by atoms with E-state index in [4.69, 9.17) is 9.47 Å². The zero-order chi connectivity index (χ0) is 25.0. The lowest BCUT2D eigenvalue weighted by Gasteiger charge is -2.29. The van der Waals surface area contributed by atoms with Crippen molar-refractivity contribution in [2.24, 2.45) is 0 Å². The summed E-state index contributed by atoms with van der Waals surface area (Å²) in [5, 5.41) is 0. The highest BCUT2D eigenvalue weighted by molar-refractivity contribution is 5.76. The summed E-state index contributed by atoms with van der Waals surface area (Å²) in [6.07, 6.45) is 6.20. The molecule has 0 atom stereocenters. The van der Waals surface area contributed by atoms with Crippen LogP contribution in [0.3, 0.4) is 0 Å². The minimum Gasteiger partial charge on any atom is -0.490 e. The van der Waals surface area contributed by atoms with Gasteiger partial charge in [-0.05, 0) is 63.7 Å². The second-order valence-electron chi connectivity index (χ2n) is 9.96. The highest BCUT2D eigenvalue weighted by atomic mass is 16.5. The molecule has 2 aromatic carbocycles. The van der Waals surface area contributed by atoms with Crippen LogP contribution in [-0.2, 0) is 17.9 Å². The maximum Gasteiger partial charge on any atom is 0.223 e. The summed E-state index contributed by atoms with van der Waals surface area (Å²) in [4.78, 5) is 20.2. The van der Waals surface area contributed by atoms with Crippen molar-refractivity contribution in [3.8, 4) is 11.5 Å². The summed E-state index contributed by atoms with van der Waals surface area (Å²) in [6, 6.07) is 16.8. The highest BCUT2D eigenvalue weighted by Crippen LogP contribution is 2.33. The molecule has 0 aromatic heterocycles. The van der Waals surface area contributed by atoms with Gasteiger partial charge in [0.2, 0.25) is 5.91 Å². The number of nitrogens with zero attached hydrogens (tertiary/aromatic N) is 3. The van der Waals surface area contributed by atoms with Crippen molar-refractivity contribution in [2.45, 2.75) is 58.5 Å². The van der Waals surface area contributed by atoms with Gasteiger partial charge in [-0.15, -0.1) is 0 Å². The van der Waals surface area contributed by atoms with Crippen LogP contribution in [-0.4, -0.2) is 73.1 Å². The SMILES string of the molecule is CCOc1cccc2c1OCCCCCN(C(=O)CCN1CCCC1)CCN(Cc1ccccc1)C2. The minimum absolute atomic E-state index is 0.298. The number of carbonyl (C=O) groups excluding carboxylic acids is 1. The number of amides is 1. The number of para-hydroxylation sites is 1. The number of rotatable bonds is 7. The van der Waals surface area contributed by atoms with E-state index in [1.807, 2.05) is 13.0 Å². The molecular formula is C30H43N3O3. The first-order valence-corrected chi connectivity index (χ1v) is 13.9. The number of benzene rings is 2. The normalized spacial score (nSPS) is 18.4. The molecule has 0 bridgehead atoms. The quantitative estimate of drug-likeness (QED) is 0.545. The molecule has 1 fully saturated rings. The van der Waals surface area contributed by atoms with Gasteiger partial charge in [0, 0.05) is 51.3 Å². The van der Waals surface area contributed by atoms with Gasteiger partial charge in [-0.2, -0.15) is 0 Å². The number of hydrogen-bond donors (Lipinski definition) is 0. The molecule has 1 amide bonds. The van der Waals surface area contributed by atoms with Crippen LogP contribution >= 0.6 is 0 Å². The van der Waals surface area contributed by atoms with E-state index in [1.165, 1.54) is 18.4 Å². The molecule has 2 aliphatic heterocycles. The molecule has 0 radical (unpaired) electrons. The first-order chi connectivity index (χ1) is 17.7. The standard InChI is InChI=1S/C30H43N3O3/c1-2-35-28-15-11-14-27-25-32(24-26-12-5-3-6-13-26)21-22-33(19-7-4-10-23-36-30(27)28)29(34)16-20-31-17-8-9-18-31/h3,5-6,11-15H,2,4,7-10,16-25H2,1H3. The predicted octanol–water partition coefficient (Wildman–Crippen LogP) is 4.96. The van der Waals surface area contributed by atoms with Gasteiger partial charge in [0.05, 0.1) is 13.2 Å². The monoisotopic (exact) mass is 493 g/mol. The average molecular weight is 494 g/mol. The Bertz CT molecular complexity index is 930. The van der Waals surface area contributed by atoms with E-state index in [2.05, 4.69) is 57.2 Å². The molecule has 0 aliphatic carbocycles. The number of ether oxygens (including phenoxy) is 2. The van der Waals surface area contributed by atoms with Crippen molar-refractivity contribution in [2.75, 3.05) is 52.5 Å². The summed E-state index contributed by atoms with van der Waals surface area (Å²) in [7, 11) is 0. The average Bonchev–Trinajstić information content (AvgIpc) is 3.42. The van der Waals surface area contributed by atoms with Crippen LogP contribution in [0.25, 0.3) is 0 Å². The molecule has 196 valence electrons. The Kier molecular flexibility index (Phi) is 10.5. The number of fused-ring (bicyclic) bond motifs is 1. The largest absolute Gasteiger partial charge is 0.490 e. The Labute approximate surface area is 217 Å². The highest BCUT2D eigenvalue weighted by Gasteiger charge is 2.20. The molecule has 36 heavy (non-hydrogen) atoms. The third-order valence-electron chi connectivity index (χ3n) is 7.20. The smallest absolute Gasteiger partial charge is 0.223 e. The molecule has 2 aliphatic rings. The Balaban J connectivity index is 1.51. The molecule has 6 heteroatoms. The summed E-state index contributed by atoms with van der Waals surface area (Å²) in [5.74, 6) is 1.99. The Morgan fingerprint density at radius 2 is 1.67 bits per heavy atom. The van der Waals surface area contributed by atoms with Crippen molar-refractivity contribution in [3.05, 3.63) is 59.7 Å². The third kappa shape index (κ3) is 7.97. The van der Waals surface area contributed by atoms with E-state index in [0.717, 1.165) is 88.7 Å².